The summed E-state index contributed by atoms with van der Waals surface area (Å²) in [6.07, 6.45) is 6.56. The zero-order valence-electron chi connectivity index (χ0n) is 20.2. The average molecular weight is 501 g/mol. The van der Waals surface area contributed by atoms with E-state index in [0.29, 0.717) is 29.0 Å². The molecule has 1 amide bonds. The highest BCUT2D eigenvalue weighted by atomic mass is 35.5. The van der Waals surface area contributed by atoms with Crippen LogP contribution in [-0.4, -0.2) is 30.1 Å². The van der Waals surface area contributed by atoms with Crippen LogP contribution in [0.25, 0.3) is 0 Å². The number of carbonyl (C=O) groups is 1. The molecule has 1 heterocycles. The Bertz CT molecular complexity index is 1000. The van der Waals surface area contributed by atoms with Gasteiger partial charge in [0.05, 0.1) is 24.1 Å². The van der Waals surface area contributed by atoms with Crippen LogP contribution in [0.4, 0.5) is 0 Å². The van der Waals surface area contributed by atoms with Crippen molar-refractivity contribution in [1.29, 1.82) is 0 Å². The molecule has 1 saturated heterocycles. The molecule has 34 heavy (non-hydrogen) atoms. The third-order valence-electron chi connectivity index (χ3n) is 7.41. The fourth-order valence-electron chi connectivity index (χ4n) is 5.34. The van der Waals surface area contributed by atoms with Gasteiger partial charge in [0.2, 0.25) is 5.91 Å². The molecule has 0 aromatic heterocycles. The van der Waals surface area contributed by atoms with Crippen LogP contribution in [0.1, 0.15) is 69.0 Å². The Labute approximate surface area is 214 Å². The minimum atomic E-state index is -0.540. The van der Waals surface area contributed by atoms with E-state index in [1.165, 1.54) is 12.8 Å². The number of rotatable bonds is 10. The summed E-state index contributed by atoms with van der Waals surface area (Å²) in [4.78, 5) is 16.3. The van der Waals surface area contributed by atoms with E-state index in [4.69, 9.17) is 27.9 Å². The number of halogens is 2. The Hall–Kier alpha value is -1.81. The summed E-state index contributed by atoms with van der Waals surface area (Å²) in [6, 6.07) is 15.9. The van der Waals surface area contributed by atoms with Gasteiger partial charge < -0.3 is 9.64 Å². The minimum Gasteiger partial charge on any atom is -0.379 e. The fourth-order valence-corrected chi connectivity index (χ4v) is 5.66. The molecule has 4 rings (SSSR count). The Morgan fingerprint density at radius 3 is 2.50 bits per heavy atom. The quantitative estimate of drug-likeness (QED) is 0.311. The van der Waals surface area contributed by atoms with Crippen LogP contribution in [0.3, 0.4) is 0 Å². The number of piperidine rings is 1. The number of nitrogens with zero attached hydrogens (tertiary/aromatic N) is 1. The monoisotopic (exact) mass is 499 g/mol. The fraction of sp³-hybridized carbons (Fsp3) is 0.483. The Morgan fingerprint density at radius 1 is 1.15 bits per heavy atom. The van der Waals surface area contributed by atoms with Crippen molar-refractivity contribution in [1.82, 2.24) is 4.90 Å². The van der Waals surface area contributed by atoms with E-state index in [0.717, 1.165) is 30.6 Å². The van der Waals surface area contributed by atoms with Gasteiger partial charge >= 0.3 is 0 Å². The molecule has 5 heteroatoms. The molecule has 182 valence electrons. The van der Waals surface area contributed by atoms with Crippen LogP contribution in [0.15, 0.2) is 61.2 Å². The first kappa shape index (κ1) is 25.3. The number of allylic oxidation sites excluding steroid dienone is 1. The van der Waals surface area contributed by atoms with E-state index in [2.05, 4.69) is 43.5 Å². The summed E-state index contributed by atoms with van der Waals surface area (Å²) in [5, 5.41) is 1.40. The second kappa shape index (κ2) is 10.8. The van der Waals surface area contributed by atoms with Crippen LogP contribution in [0, 0.1) is 11.3 Å². The van der Waals surface area contributed by atoms with Crippen LogP contribution < -0.4 is 0 Å². The SMILES string of the molecule is C=CC[C@@]1(C)CC(c2cccc(Cl)c2)[C@@H](c2ccc(Cl)cc2)N(C(CC)COCC2CC2)C1=O. The molecule has 4 atom stereocenters. The predicted octanol–water partition coefficient (Wildman–Crippen LogP) is 7.84. The van der Waals surface area contributed by atoms with E-state index in [1.54, 1.807) is 0 Å². The molecule has 2 unspecified atom stereocenters. The van der Waals surface area contributed by atoms with E-state index < -0.39 is 5.41 Å². The van der Waals surface area contributed by atoms with Gasteiger partial charge in [-0.2, -0.15) is 0 Å². The van der Waals surface area contributed by atoms with Gasteiger partial charge in [0.25, 0.3) is 0 Å². The number of ether oxygens (including phenoxy) is 1. The third kappa shape index (κ3) is 5.53. The molecule has 2 aromatic carbocycles. The molecule has 1 aliphatic carbocycles. The molecular weight excluding hydrogens is 465 g/mol. The number of hydrogen-bond donors (Lipinski definition) is 0. The number of hydrogen-bond acceptors (Lipinski definition) is 2. The molecule has 2 aromatic rings. The van der Waals surface area contributed by atoms with Crippen molar-refractivity contribution in [2.75, 3.05) is 13.2 Å². The maximum Gasteiger partial charge on any atom is 0.229 e. The summed E-state index contributed by atoms with van der Waals surface area (Å²) >= 11 is 12.7. The molecule has 0 spiro atoms. The van der Waals surface area contributed by atoms with Gasteiger partial charge in [0, 0.05) is 22.6 Å². The number of likely N-dealkylation sites (tertiary alicyclic amines) is 1. The molecular formula is C29H35Cl2NO2. The van der Waals surface area contributed by atoms with E-state index in [-0.39, 0.29) is 23.9 Å². The predicted molar refractivity (Wildman–Crippen MR) is 140 cm³/mol. The van der Waals surface area contributed by atoms with Crippen molar-refractivity contribution in [2.24, 2.45) is 11.3 Å². The number of benzene rings is 2. The standard InChI is InChI=1S/C29H35Cl2NO2/c1-4-15-29(3)17-26(22-7-6-8-24(31)16-22)27(21-11-13-23(30)14-12-21)32(28(29)33)25(5-2)19-34-18-20-9-10-20/h4,6-8,11-14,16,20,25-27H,1,5,9-10,15,17-19H2,2-3H3/t25?,26?,27-,29+/m1/s1. The maximum absolute atomic E-state index is 14.2. The van der Waals surface area contributed by atoms with Gasteiger partial charge in [0.1, 0.15) is 0 Å². The molecule has 0 bridgehead atoms. The number of amides is 1. The van der Waals surface area contributed by atoms with Crippen LogP contribution in [0.2, 0.25) is 10.0 Å². The van der Waals surface area contributed by atoms with Crippen molar-refractivity contribution in [3.8, 4) is 0 Å². The van der Waals surface area contributed by atoms with Crippen molar-refractivity contribution in [3.63, 3.8) is 0 Å². The second-order valence-corrected chi connectivity index (χ2v) is 11.0. The molecule has 0 N–H and O–H groups in total. The summed E-state index contributed by atoms with van der Waals surface area (Å²) < 4.78 is 6.15. The normalized spacial score (nSPS) is 25.9. The van der Waals surface area contributed by atoms with Crippen LogP contribution in [-0.2, 0) is 9.53 Å². The Balaban J connectivity index is 1.79. The van der Waals surface area contributed by atoms with E-state index in [9.17, 15) is 4.79 Å². The lowest BCUT2D eigenvalue weighted by atomic mass is 9.67. The molecule has 2 aliphatic rings. The molecule has 3 nitrogen and oxygen atoms in total. The van der Waals surface area contributed by atoms with Crippen molar-refractivity contribution < 1.29 is 9.53 Å². The first-order valence-corrected chi connectivity index (χ1v) is 13.1. The van der Waals surface area contributed by atoms with E-state index in [1.807, 2.05) is 36.4 Å². The van der Waals surface area contributed by atoms with Crippen molar-refractivity contribution in [3.05, 3.63) is 82.4 Å². The molecule has 1 aliphatic heterocycles. The van der Waals surface area contributed by atoms with Crippen molar-refractivity contribution in [2.45, 2.75) is 64.0 Å². The zero-order chi connectivity index (χ0) is 24.3. The van der Waals surface area contributed by atoms with Gasteiger partial charge in [-0.3, -0.25) is 4.79 Å². The molecule has 1 saturated carbocycles. The first-order chi connectivity index (χ1) is 16.4. The lowest BCUT2D eigenvalue weighted by molar-refractivity contribution is -0.156. The van der Waals surface area contributed by atoms with Gasteiger partial charge in [-0.05, 0) is 73.4 Å². The van der Waals surface area contributed by atoms with Gasteiger partial charge in [0.15, 0.2) is 0 Å². The zero-order valence-corrected chi connectivity index (χ0v) is 21.7. The topological polar surface area (TPSA) is 29.5 Å². The maximum atomic E-state index is 14.2. The average Bonchev–Trinajstić information content (AvgIpc) is 3.64. The van der Waals surface area contributed by atoms with Gasteiger partial charge in [-0.1, -0.05) is 67.4 Å². The highest BCUT2D eigenvalue weighted by Gasteiger charge is 2.50. The Morgan fingerprint density at radius 2 is 1.88 bits per heavy atom. The second-order valence-electron chi connectivity index (χ2n) is 10.2. The summed E-state index contributed by atoms with van der Waals surface area (Å²) in [6.45, 7) is 9.53. The highest BCUT2D eigenvalue weighted by molar-refractivity contribution is 6.30. The summed E-state index contributed by atoms with van der Waals surface area (Å²) in [7, 11) is 0. The molecule has 0 radical (unpaired) electrons. The third-order valence-corrected chi connectivity index (χ3v) is 7.90. The minimum absolute atomic E-state index is 0.0157. The van der Waals surface area contributed by atoms with Crippen LogP contribution >= 0.6 is 23.2 Å². The van der Waals surface area contributed by atoms with Gasteiger partial charge in [-0.15, -0.1) is 6.58 Å². The smallest absolute Gasteiger partial charge is 0.229 e. The van der Waals surface area contributed by atoms with Crippen LogP contribution in [0.5, 0.6) is 0 Å². The highest BCUT2D eigenvalue weighted by Crippen LogP contribution is 2.52. The molecule has 2 fully saturated rings. The van der Waals surface area contributed by atoms with E-state index >= 15 is 0 Å². The lowest BCUT2D eigenvalue weighted by Crippen LogP contribution is -2.56. The summed E-state index contributed by atoms with van der Waals surface area (Å²) in [5.41, 5.74) is 1.69. The first-order valence-electron chi connectivity index (χ1n) is 12.4. The van der Waals surface area contributed by atoms with Crippen molar-refractivity contribution >= 4 is 29.1 Å². The number of carbonyl (C=O) groups excluding carboxylic acids is 1. The largest absolute Gasteiger partial charge is 0.379 e. The summed E-state index contributed by atoms with van der Waals surface area (Å²) in [5.74, 6) is 0.944. The Kier molecular flexibility index (Phi) is 8.07. The lowest BCUT2D eigenvalue weighted by Gasteiger charge is -2.52. The van der Waals surface area contributed by atoms with Gasteiger partial charge in [-0.25, -0.2) is 0 Å².